The summed E-state index contributed by atoms with van der Waals surface area (Å²) >= 11 is 0. The van der Waals surface area contributed by atoms with Crippen molar-refractivity contribution in [1.29, 1.82) is 0 Å². The molecule has 4 amide bonds. The number of carbonyl (C=O) groups excluding carboxylic acids is 5. The van der Waals surface area contributed by atoms with Gasteiger partial charge < -0.3 is 9.47 Å². The Morgan fingerprint density at radius 1 is 0.970 bits per heavy atom. The van der Waals surface area contributed by atoms with Gasteiger partial charge in [0.1, 0.15) is 5.75 Å². The average molecular weight is 454 g/mol. The molecule has 0 radical (unpaired) electrons. The van der Waals surface area contributed by atoms with Gasteiger partial charge in [-0.3, -0.25) is 45.3 Å². The molecule has 3 N–H and O–H groups in total. The minimum absolute atomic E-state index is 0.106. The van der Waals surface area contributed by atoms with Gasteiger partial charge in [0.15, 0.2) is 6.61 Å². The van der Waals surface area contributed by atoms with Crippen molar-refractivity contribution in [3.63, 3.8) is 0 Å². The molecule has 1 aliphatic rings. The monoisotopic (exact) mass is 454 g/mol. The molecular weight excluding hydrogens is 432 g/mol. The van der Waals surface area contributed by atoms with Crippen LogP contribution in [0.2, 0.25) is 0 Å². The summed E-state index contributed by atoms with van der Waals surface area (Å²) in [4.78, 5) is 60.6. The maximum absolute atomic E-state index is 12.5. The molecule has 1 aliphatic heterocycles. The number of para-hydroxylation sites is 1. The summed E-state index contributed by atoms with van der Waals surface area (Å²) in [6.45, 7) is -0.753. The Labute approximate surface area is 189 Å². The molecule has 172 valence electrons. The molecule has 0 saturated carbocycles. The van der Waals surface area contributed by atoms with Gasteiger partial charge in [0.2, 0.25) is 5.91 Å². The maximum atomic E-state index is 12.5. The van der Waals surface area contributed by atoms with E-state index in [9.17, 15) is 24.0 Å². The van der Waals surface area contributed by atoms with Crippen LogP contribution in [0.25, 0.3) is 0 Å². The van der Waals surface area contributed by atoms with Crippen LogP contribution in [0.5, 0.6) is 5.75 Å². The minimum Gasteiger partial charge on any atom is -0.496 e. The smallest absolute Gasteiger partial charge is 0.311 e. The average Bonchev–Trinajstić information content (AvgIpc) is 3.21. The third-order valence-electron chi connectivity index (χ3n) is 4.74. The summed E-state index contributed by atoms with van der Waals surface area (Å²) in [6, 6.07) is 14.7. The molecule has 0 spiro atoms. The summed E-state index contributed by atoms with van der Waals surface area (Å²) in [7, 11) is 1.42. The molecule has 0 aliphatic carbocycles. The van der Waals surface area contributed by atoms with Gasteiger partial charge in [-0.25, -0.2) is 0 Å². The van der Waals surface area contributed by atoms with Crippen LogP contribution >= 0.6 is 0 Å². The molecule has 1 heterocycles. The second kappa shape index (κ2) is 10.8. The quantitative estimate of drug-likeness (QED) is 0.400. The van der Waals surface area contributed by atoms with Crippen LogP contribution in [0.3, 0.4) is 0 Å². The molecule has 3 rings (SSSR count). The molecule has 2 aromatic rings. The standard InChI is InChI=1S/C22H22N4O7/c1-32-17-10-6-5-9-16(17)21(30)25-26-12-15(11-19(26)28)22(31)33-13-18(27)23-24-20(29)14-7-3-2-4-8-14/h2-10,15H,11-13H2,1H3,(H,23,27)(H,24,29)(H,25,30)/t15-/m0/s1. The van der Waals surface area contributed by atoms with Crippen LogP contribution in [0, 0.1) is 5.92 Å². The van der Waals surface area contributed by atoms with Gasteiger partial charge >= 0.3 is 5.97 Å². The Morgan fingerprint density at radius 3 is 2.39 bits per heavy atom. The molecule has 11 nitrogen and oxygen atoms in total. The summed E-state index contributed by atoms with van der Waals surface area (Å²) in [5.41, 5.74) is 7.36. The van der Waals surface area contributed by atoms with Crippen molar-refractivity contribution in [3.8, 4) is 5.75 Å². The highest BCUT2D eigenvalue weighted by atomic mass is 16.5. The topological polar surface area (TPSA) is 143 Å². The highest BCUT2D eigenvalue weighted by Gasteiger charge is 2.37. The minimum atomic E-state index is -0.859. The molecule has 0 aromatic heterocycles. The first-order chi connectivity index (χ1) is 15.9. The van der Waals surface area contributed by atoms with E-state index in [1.807, 2.05) is 0 Å². The number of methoxy groups -OCH3 is 1. The zero-order valence-corrected chi connectivity index (χ0v) is 17.7. The summed E-state index contributed by atoms with van der Waals surface area (Å²) in [6.07, 6.45) is -0.183. The largest absolute Gasteiger partial charge is 0.496 e. The zero-order valence-electron chi connectivity index (χ0n) is 17.7. The van der Waals surface area contributed by atoms with Crippen molar-refractivity contribution in [3.05, 3.63) is 65.7 Å². The van der Waals surface area contributed by atoms with Crippen LogP contribution in [-0.2, 0) is 19.1 Å². The molecule has 0 unspecified atom stereocenters. The van der Waals surface area contributed by atoms with Gasteiger partial charge in [0.05, 0.1) is 25.1 Å². The van der Waals surface area contributed by atoms with E-state index in [1.165, 1.54) is 13.2 Å². The molecule has 11 heteroatoms. The van der Waals surface area contributed by atoms with Crippen molar-refractivity contribution in [2.24, 2.45) is 5.92 Å². The Bertz CT molecular complexity index is 1060. The van der Waals surface area contributed by atoms with Crippen LogP contribution in [-0.4, -0.2) is 54.9 Å². The van der Waals surface area contributed by atoms with E-state index < -0.39 is 42.1 Å². The van der Waals surface area contributed by atoms with Gasteiger partial charge in [0.25, 0.3) is 17.7 Å². The molecule has 2 aromatic carbocycles. The Kier molecular flexibility index (Phi) is 7.58. The van der Waals surface area contributed by atoms with Gasteiger partial charge in [-0.2, -0.15) is 0 Å². The number of hydrazine groups is 2. The second-order valence-electron chi connectivity index (χ2n) is 7.02. The lowest BCUT2D eigenvalue weighted by atomic mass is 10.1. The third-order valence-corrected chi connectivity index (χ3v) is 4.74. The highest BCUT2D eigenvalue weighted by molar-refractivity contribution is 5.99. The summed E-state index contributed by atoms with van der Waals surface area (Å²) in [5, 5.41) is 1.03. The fourth-order valence-electron chi connectivity index (χ4n) is 3.07. The fraction of sp³-hybridized carbons (Fsp3) is 0.227. The molecule has 0 bridgehead atoms. The van der Waals surface area contributed by atoms with Crippen LogP contribution in [0.15, 0.2) is 54.6 Å². The van der Waals surface area contributed by atoms with E-state index in [1.54, 1.807) is 48.5 Å². The van der Waals surface area contributed by atoms with E-state index in [4.69, 9.17) is 9.47 Å². The van der Waals surface area contributed by atoms with E-state index in [2.05, 4.69) is 16.3 Å². The first-order valence-corrected chi connectivity index (χ1v) is 9.94. The number of hydrogen-bond acceptors (Lipinski definition) is 7. The molecule has 1 saturated heterocycles. The molecule has 1 fully saturated rings. The van der Waals surface area contributed by atoms with Crippen molar-refractivity contribution in [1.82, 2.24) is 21.3 Å². The Morgan fingerprint density at radius 2 is 1.67 bits per heavy atom. The van der Waals surface area contributed by atoms with E-state index in [0.717, 1.165) is 5.01 Å². The third kappa shape index (κ3) is 6.06. The van der Waals surface area contributed by atoms with Crippen LogP contribution in [0.4, 0.5) is 0 Å². The molecular formula is C22H22N4O7. The fourth-order valence-corrected chi connectivity index (χ4v) is 3.07. The predicted molar refractivity (Wildman–Crippen MR) is 113 cm³/mol. The number of ether oxygens (including phenoxy) is 2. The summed E-state index contributed by atoms with van der Waals surface area (Å²) in [5.74, 6) is -3.62. The number of amides is 4. The van der Waals surface area contributed by atoms with E-state index >= 15 is 0 Å². The van der Waals surface area contributed by atoms with Crippen LogP contribution in [0.1, 0.15) is 27.1 Å². The first kappa shape index (κ1) is 23.3. The lowest BCUT2D eigenvalue weighted by Gasteiger charge is -2.18. The van der Waals surface area contributed by atoms with E-state index in [0.29, 0.717) is 11.3 Å². The molecule has 1 atom stereocenters. The predicted octanol–water partition coefficient (Wildman–Crippen LogP) is 0.193. The lowest BCUT2D eigenvalue weighted by Crippen LogP contribution is -2.44. The van der Waals surface area contributed by atoms with E-state index in [-0.39, 0.29) is 18.5 Å². The maximum Gasteiger partial charge on any atom is 0.311 e. The molecule has 33 heavy (non-hydrogen) atoms. The highest BCUT2D eigenvalue weighted by Crippen LogP contribution is 2.20. The number of carbonyl (C=O) groups is 5. The van der Waals surface area contributed by atoms with Gasteiger partial charge in [-0.15, -0.1) is 0 Å². The Hall–Kier alpha value is -4.41. The SMILES string of the molecule is COc1ccccc1C(=O)NN1C[C@@H](C(=O)OCC(=O)NNC(=O)c2ccccc2)CC1=O. The Balaban J connectivity index is 1.44. The van der Waals surface area contributed by atoms with Crippen molar-refractivity contribution >= 4 is 29.6 Å². The summed E-state index contributed by atoms with van der Waals surface area (Å²) < 4.78 is 10.1. The number of nitrogens with zero attached hydrogens (tertiary/aromatic N) is 1. The van der Waals surface area contributed by atoms with Crippen molar-refractivity contribution in [2.45, 2.75) is 6.42 Å². The van der Waals surface area contributed by atoms with Crippen LogP contribution < -0.4 is 21.0 Å². The van der Waals surface area contributed by atoms with Crippen molar-refractivity contribution < 1.29 is 33.4 Å². The zero-order chi connectivity index (χ0) is 23.8. The normalized spacial score (nSPS) is 14.9. The van der Waals surface area contributed by atoms with Gasteiger partial charge in [-0.1, -0.05) is 30.3 Å². The second-order valence-corrected chi connectivity index (χ2v) is 7.02. The lowest BCUT2D eigenvalue weighted by molar-refractivity contribution is -0.152. The first-order valence-electron chi connectivity index (χ1n) is 9.94. The number of nitrogens with one attached hydrogen (secondary N) is 3. The number of esters is 1. The van der Waals surface area contributed by atoms with Gasteiger partial charge in [-0.05, 0) is 24.3 Å². The number of hydrogen-bond donors (Lipinski definition) is 3. The van der Waals surface area contributed by atoms with Gasteiger partial charge in [0, 0.05) is 12.0 Å². The number of benzene rings is 2. The van der Waals surface area contributed by atoms with Crippen molar-refractivity contribution in [2.75, 3.05) is 20.3 Å². The number of rotatable bonds is 7.